The van der Waals surface area contributed by atoms with Crippen LogP contribution in [0.1, 0.15) is 59.3 Å². The van der Waals surface area contributed by atoms with Crippen LogP contribution in [0.15, 0.2) is 0 Å². The van der Waals surface area contributed by atoms with E-state index >= 15 is 0 Å². The molecule has 4 N–H and O–H groups in total. The molecule has 1 aliphatic carbocycles. The number of nitrogens with two attached hydrogens (primary N) is 1. The minimum absolute atomic E-state index is 0.145. The maximum Gasteiger partial charge on any atom is 0.305 e. The van der Waals surface area contributed by atoms with E-state index in [4.69, 9.17) is 10.8 Å². The lowest BCUT2D eigenvalue weighted by Crippen LogP contribution is -2.47. The van der Waals surface area contributed by atoms with Gasteiger partial charge in [-0.05, 0) is 37.0 Å². The molecule has 1 saturated carbocycles. The molecule has 5 nitrogen and oxygen atoms in total. The number of carboxylic acid groups (broad SMARTS) is 1. The fourth-order valence-electron chi connectivity index (χ4n) is 2.90. The molecule has 0 radical (unpaired) electrons. The normalized spacial score (nSPS) is 25.0. The van der Waals surface area contributed by atoms with Crippen molar-refractivity contribution in [3.63, 3.8) is 0 Å². The highest BCUT2D eigenvalue weighted by molar-refractivity contribution is 5.86. The molecule has 0 aromatic heterocycles. The summed E-state index contributed by atoms with van der Waals surface area (Å²) in [5.41, 5.74) is 5.92. The largest absolute Gasteiger partial charge is 0.481 e. The molecule has 0 heterocycles. The van der Waals surface area contributed by atoms with E-state index in [0.29, 0.717) is 11.3 Å². The van der Waals surface area contributed by atoms with E-state index in [1.54, 1.807) is 0 Å². The van der Waals surface area contributed by atoms with Gasteiger partial charge in [-0.25, -0.2) is 0 Å². The molecule has 0 saturated heterocycles. The molecule has 1 aliphatic rings. The third-order valence-electron chi connectivity index (χ3n) is 4.82. The molecule has 0 aromatic carbocycles. The number of rotatable bonds is 6. The Hall–Kier alpha value is -1.10. The monoisotopic (exact) mass is 284 g/mol. The van der Waals surface area contributed by atoms with Crippen LogP contribution in [-0.2, 0) is 9.59 Å². The molecular formula is C15H28N2O3. The molecule has 20 heavy (non-hydrogen) atoms. The highest BCUT2D eigenvalue weighted by atomic mass is 16.4. The first kappa shape index (κ1) is 17.0. The molecule has 1 amide bonds. The Kier molecular flexibility index (Phi) is 5.99. The summed E-state index contributed by atoms with van der Waals surface area (Å²) in [5.74, 6) is -0.681. The number of aliphatic carboxylic acids is 1. The average molecular weight is 284 g/mol. The predicted molar refractivity (Wildman–Crippen MR) is 78.2 cm³/mol. The third kappa shape index (κ3) is 4.78. The van der Waals surface area contributed by atoms with E-state index in [1.807, 2.05) is 0 Å². The van der Waals surface area contributed by atoms with Gasteiger partial charge in [0.05, 0.1) is 12.5 Å². The van der Waals surface area contributed by atoms with Crippen LogP contribution in [-0.4, -0.2) is 29.1 Å². The van der Waals surface area contributed by atoms with E-state index in [0.717, 1.165) is 32.1 Å². The van der Waals surface area contributed by atoms with Crippen LogP contribution in [0.4, 0.5) is 0 Å². The Labute approximate surface area is 121 Å². The van der Waals surface area contributed by atoms with E-state index in [2.05, 4.69) is 26.1 Å². The van der Waals surface area contributed by atoms with Gasteiger partial charge in [0, 0.05) is 6.04 Å². The molecule has 0 aliphatic heterocycles. The van der Waals surface area contributed by atoms with Crippen LogP contribution < -0.4 is 11.1 Å². The first-order chi connectivity index (χ1) is 9.26. The van der Waals surface area contributed by atoms with Gasteiger partial charge in [0.15, 0.2) is 0 Å². The lowest BCUT2D eigenvalue weighted by Gasteiger charge is -2.39. The summed E-state index contributed by atoms with van der Waals surface area (Å²) in [6, 6.07) is -0.802. The van der Waals surface area contributed by atoms with Crippen LogP contribution >= 0.6 is 0 Å². The van der Waals surface area contributed by atoms with Gasteiger partial charge in [0.1, 0.15) is 0 Å². The Morgan fingerprint density at radius 3 is 2.30 bits per heavy atom. The second kappa shape index (κ2) is 7.07. The maximum absolute atomic E-state index is 11.8. The van der Waals surface area contributed by atoms with E-state index in [-0.39, 0.29) is 18.4 Å². The Morgan fingerprint density at radius 1 is 1.30 bits per heavy atom. The lowest BCUT2D eigenvalue weighted by atomic mass is 9.69. The minimum Gasteiger partial charge on any atom is -0.481 e. The molecule has 1 fully saturated rings. The summed E-state index contributed by atoms with van der Waals surface area (Å²) in [4.78, 5) is 22.3. The predicted octanol–water partition coefficient (Wildman–Crippen LogP) is 1.90. The molecule has 1 atom stereocenters. The molecule has 0 bridgehead atoms. The maximum atomic E-state index is 11.8. The highest BCUT2D eigenvalue weighted by Crippen LogP contribution is 2.40. The van der Waals surface area contributed by atoms with E-state index in [9.17, 15) is 9.59 Å². The van der Waals surface area contributed by atoms with Gasteiger partial charge in [-0.15, -0.1) is 0 Å². The summed E-state index contributed by atoms with van der Waals surface area (Å²) in [7, 11) is 0. The minimum atomic E-state index is -1.04. The molecule has 5 heteroatoms. The summed E-state index contributed by atoms with van der Waals surface area (Å²) in [6.45, 7) is 6.83. The van der Waals surface area contributed by atoms with Gasteiger partial charge in [-0.1, -0.05) is 27.2 Å². The van der Waals surface area contributed by atoms with Crippen LogP contribution in [0.2, 0.25) is 0 Å². The smallest absolute Gasteiger partial charge is 0.305 e. The molecule has 1 unspecified atom stereocenters. The SMILES string of the molecule is CCC(C)(C)C1CCC(NC(=O)C(N)CC(=O)O)CC1. The summed E-state index contributed by atoms with van der Waals surface area (Å²) >= 11 is 0. The van der Waals surface area contributed by atoms with Crippen molar-refractivity contribution in [2.45, 2.75) is 71.4 Å². The van der Waals surface area contributed by atoms with Gasteiger partial charge in [-0.3, -0.25) is 9.59 Å². The Morgan fingerprint density at radius 2 is 1.85 bits per heavy atom. The number of carboxylic acids is 1. The number of nitrogens with one attached hydrogen (secondary N) is 1. The second-order valence-electron chi connectivity index (χ2n) is 6.60. The van der Waals surface area contributed by atoms with Crippen molar-refractivity contribution in [2.24, 2.45) is 17.1 Å². The van der Waals surface area contributed by atoms with Crippen molar-refractivity contribution in [3.8, 4) is 0 Å². The molecule has 1 rings (SSSR count). The van der Waals surface area contributed by atoms with Crippen LogP contribution in [0.5, 0.6) is 0 Å². The van der Waals surface area contributed by atoms with Crippen molar-refractivity contribution in [2.75, 3.05) is 0 Å². The third-order valence-corrected chi connectivity index (χ3v) is 4.82. The topological polar surface area (TPSA) is 92.4 Å². The van der Waals surface area contributed by atoms with Crippen LogP contribution in [0.3, 0.4) is 0 Å². The van der Waals surface area contributed by atoms with Crippen molar-refractivity contribution in [1.29, 1.82) is 0 Å². The van der Waals surface area contributed by atoms with Crippen molar-refractivity contribution < 1.29 is 14.7 Å². The van der Waals surface area contributed by atoms with Gasteiger partial charge >= 0.3 is 5.97 Å². The van der Waals surface area contributed by atoms with Crippen molar-refractivity contribution >= 4 is 11.9 Å². The number of carbonyl (C=O) groups excluding carboxylic acids is 1. The summed E-state index contributed by atoms with van der Waals surface area (Å²) < 4.78 is 0. The van der Waals surface area contributed by atoms with Gasteiger partial charge in [-0.2, -0.15) is 0 Å². The molecule has 0 spiro atoms. The highest BCUT2D eigenvalue weighted by Gasteiger charge is 2.32. The zero-order chi connectivity index (χ0) is 15.3. The summed E-state index contributed by atoms with van der Waals surface area (Å²) in [5, 5.41) is 11.5. The lowest BCUT2D eigenvalue weighted by molar-refractivity contribution is -0.139. The van der Waals surface area contributed by atoms with Crippen LogP contribution in [0, 0.1) is 11.3 Å². The quantitative estimate of drug-likeness (QED) is 0.694. The zero-order valence-electron chi connectivity index (χ0n) is 12.8. The first-order valence-electron chi connectivity index (χ1n) is 7.54. The Bertz CT molecular complexity index is 347. The summed E-state index contributed by atoms with van der Waals surface area (Å²) in [6.07, 6.45) is 4.99. The van der Waals surface area contributed by atoms with Gasteiger partial charge in [0.2, 0.25) is 5.91 Å². The zero-order valence-corrected chi connectivity index (χ0v) is 12.8. The molecule has 116 valence electrons. The Balaban J connectivity index is 2.39. The fourth-order valence-corrected chi connectivity index (χ4v) is 2.90. The van der Waals surface area contributed by atoms with E-state index < -0.39 is 12.0 Å². The van der Waals surface area contributed by atoms with Crippen molar-refractivity contribution in [1.82, 2.24) is 5.32 Å². The first-order valence-corrected chi connectivity index (χ1v) is 7.54. The standard InChI is InChI=1S/C15H28N2O3/c1-4-15(2,3)10-5-7-11(8-6-10)17-14(20)12(16)9-13(18)19/h10-12H,4-9,16H2,1-3H3,(H,17,20)(H,18,19). The number of amides is 1. The second-order valence-corrected chi connectivity index (χ2v) is 6.60. The average Bonchev–Trinajstić information content (AvgIpc) is 2.38. The van der Waals surface area contributed by atoms with Crippen LogP contribution in [0.25, 0.3) is 0 Å². The van der Waals surface area contributed by atoms with Gasteiger partial charge < -0.3 is 16.2 Å². The number of hydrogen-bond donors (Lipinski definition) is 3. The fraction of sp³-hybridized carbons (Fsp3) is 0.867. The number of carbonyl (C=O) groups is 2. The van der Waals surface area contributed by atoms with Crippen molar-refractivity contribution in [3.05, 3.63) is 0 Å². The molecule has 0 aromatic rings. The number of hydrogen-bond acceptors (Lipinski definition) is 3. The molecular weight excluding hydrogens is 256 g/mol. The van der Waals surface area contributed by atoms with E-state index in [1.165, 1.54) is 0 Å². The van der Waals surface area contributed by atoms with Gasteiger partial charge in [0.25, 0.3) is 0 Å².